The van der Waals surface area contributed by atoms with Gasteiger partial charge in [0.25, 0.3) is 5.91 Å². The third-order valence-electron chi connectivity index (χ3n) is 2.97. The van der Waals surface area contributed by atoms with Gasteiger partial charge in [0.05, 0.1) is 10.6 Å². The predicted molar refractivity (Wildman–Crippen MR) is 80.2 cm³/mol. The molecule has 0 saturated carbocycles. The standard InChI is InChI=1S/C16H16ClNO2/c17-15-9-8-13(19)11-14(15)16(20)18-10-4-7-12-5-2-1-3-6-12/h1-3,5-6,8-9,11,19H,4,7,10H2,(H,18,20). The summed E-state index contributed by atoms with van der Waals surface area (Å²) >= 11 is 5.93. The molecule has 2 rings (SSSR count). The summed E-state index contributed by atoms with van der Waals surface area (Å²) < 4.78 is 0. The first kappa shape index (κ1) is 14.4. The molecule has 0 aliphatic rings. The van der Waals surface area contributed by atoms with Gasteiger partial charge in [0.15, 0.2) is 0 Å². The van der Waals surface area contributed by atoms with E-state index in [-0.39, 0.29) is 11.7 Å². The Morgan fingerprint density at radius 2 is 1.90 bits per heavy atom. The van der Waals surface area contributed by atoms with Gasteiger partial charge < -0.3 is 10.4 Å². The van der Waals surface area contributed by atoms with Gasteiger partial charge in [-0.2, -0.15) is 0 Å². The molecular formula is C16H16ClNO2. The van der Waals surface area contributed by atoms with Crippen LogP contribution in [-0.4, -0.2) is 17.6 Å². The maximum Gasteiger partial charge on any atom is 0.252 e. The molecule has 3 nitrogen and oxygen atoms in total. The molecule has 0 unspecified atom stereocenters. The molecule has 0 atom stereocenters. The highest BCUT2D eigenvalue weighted by atomic mass is 35.5. The molecule has 1 amide bonds. The summed E-state index contributed by atoms with van der Waals surface area (Å²) in [7, 11) is 0. The highest BCUT2D eigenvalue weighted by Crippen LogP contribution is 2.20. The van der Waals surface area contributed by atoms with Gasteiger partial charge in [-0.15, -0.1) is 0 Å². The zero-order chi connectivity index (χ0) is 14.4. The summed E-state index contributed by atoms with van der Waals surface area (Å²) in [6.45, 7) is 0.569. The quantitative estimate of drug-likeness (QED) is 0.829. The number of carbonyl (C=O) groups is 1. The molecule has 0 heterocycles. The van der Waals surface area contributed by atoms with Crippen LogP contribution in [0.2, 0.25) is 5.02 Å². The number of hydrogen-bond donors (Lipinski definition) is 2. The van der Waals surface area contributed by atoms with Gasteiger partial charge in [-0.05, 0) is 36.6 Å². The zero-order valence-electron chi connectivity index (χ0n) is 11.0. The third-order valence-corrected chi connectivity index (χ3v) is 3.29. The number of phenolic OH excluding ortho intramolecular Hbond substituents is 1. The third kappa shape index (κ3) is 4.00. The number of nitrogens with one attached hydrogen (secondary N) is 1. The van der Waals surface area contributed by atoms with Crippen molar-refractivity contribution in [1.29, 1.82) is 0 Å². The minimum Gasteiger partial charge on any atom is -0.508 e. The van der Waals surface area contributed by atoms with Crippen molar-refractivity contribution >= 4 is 17.5 Å². The van der Waals surface area contributed by atoms with Gasteiger partial charge >= 0.3 is 0 Å². The van der Waals surface area contributed by atoms with E-state index in [0.717, 1.165) is 12.8 Å². The Morgan fingerprint density at radius 1 is 1.15 bits per heavy atom. The zero-order valence-corrected chi connectivity index (χ0v) is 11.7. The van der Waals surface area contributed by atoms with Gasteiger partial charge in [-0.3, -0.25) is 4.79 Å². The minimum absolute atomic E-state index is 0.0313. The van der Waals surface area contributed by atoms with Gasteiger partial charge in [-0.25, -0.2) is 0 Å². The van der Waals surface area contributed by atoms with Crippen molar-refractivity contribution in [2.24, 2.45) is 0 Å². The molecule has 0 aliphatic carbocycles. The van der Waals surface area contributed by atoms with Crippen molar-refractivity contribution in [3.63, 3.8) is 0 Å². The van der Waals surface area contributed by atoms with Crippen LogP contribution in [0.25, 0.3) is 0 Å². The monoisotopic (exact) mass is 289 g/mol. The number of benzene rings is 2. The Balaban J connectivity index is 1.82. The first-order valence-corrected chi connectivity index (χ1v) is 6.85. The SMILES string of the molecule is O=C(NCCCc1ccccc1)c1cc(O)ccc1Cl. The van der Waals surface area contributed by atoms with Crippen LogP contribution in [0.1, 0.15) is 22.3 Å². The Kier molecular flexibility index (Phi) is 5.02. The van der Waals surface area contributed by atoms with Crippen molar-refractivity contribution < 1.29 is 9.90 Å². The topological polar surface area (TPSA) is 49.3 Å². The molecule has 0 fully saturated rings. The molecule has 0 saturated heterocycles. The van der Waals surface area contributed by atoms with Gasteiger partial charge in [-0.1, -0.05) is 41.9 Å². The number of carbonyl (C=O) groups excluding carboxylic acids is 1. The Labute approximate surface area is 123 Å². The molecule has 0 aromatic heterocycles. The van der Waals surface area contributed by atoms with Crippen LogP contribution < -0.4 is 5.32 Å². The van der Waals surface area contributed by atoms with Crippen LogP contribution >= 0.6 is 11.6 Å². The molecule has 0 aliphatic heterocycles. The van der Waals surface area contributed by atoms with E-state index < -0.39 is 0 Å². The van der Waals surface area contributed by atoms with Crippen LogP contribution in [0.3, 0.4) is 0 Å². The number of halogens is 1. The average Bonchev–Trinajstić information content (AvgIpc) is 2.47. The molecule has 0 bridgehead atoms. The molecule has 104 valence electrons. The van der Waals surface area contributed by atoms with E-state index >= 15 is 0 Å². The molecular weight excluding hydrogens is 274 g/mol. The lowest BCUT2D eigenvalue weighted by molar-refractivity contribution is 0.0953. The van der Waals surface area contributed by atoms with Crippen molar-refractivity contribution in [1.82, 2.24) is 5.32 Å². The second-order valence-corrected chi connectivity index (χ2v) is 4.92. The first-order chi connectivity index (χ1) is 9.66. The molecule has 0 spiro atoms. The molecule has 2 N–H and O–H groups in total. The number of hydrogen-bond acceptors (Lipinski definition) is 2. The molecule has 2 aromatic rings. The first-order valence-electron chi connectivity index (χ1n) is 6.47. The molecule has 2 aromatic carbocycles. The van der Waals surface area contributed by atoms with Gasteiger partial charge in [0.2, 0.25) is 0 Å². The fourth-order valence-corrected chi connectivity index (χ4v) is 2.12. The second kappa shape index (κ2) is 6.96. The predicted octanol–water partition coefficient (Wildman–Crippen LogP) is 3.41. The molecule has 4 heteroatoms. The van der Waals surface area contributed by atoms with E-state index in [1.165, 1.54) is 23.8 Å². The van der Waals surface area contributed by atoms with E-state index in [1.54, 1.807) is 0 Å². The minimum atomic E-state index is -0.265. The number of rotatable bonds is 5. The average molecular weight is 290 g/mol. The number of amides is 1. The normalized spacial score (nSPS) is 10.2. The lowest BCUT2D eigenvalue weighted by Crippen LogP contribution is -2.25. The Morgan fingerprint density at radius 3 is 2.65 bits per heavy atom. The molecule has 20 heavy (non-hydrogen) atoms. The second-order valence-electron chi connectivity index (χ2n) is 4.51. The van der Waals surface area contributed by atoms with Crippen molar-refractivity contribution in [3.05, 3.63) is 64.7 Å². The highest BCUT2D eigenvalue weighted by Gasteiger charge is 2.10. The summed E-state index contributed by atoms with van der Waals surface area (Å²) in [6, 6.07) is 14.4. The summed E-state index contributed by atoms with van der Waals surface area (Å²) in [5.41, 5.74) is 1.54. The highest BCUT2D eigenvalue weighted by molar-refractivity contribution is 6.33. The van der Waals surface area contributed by atoms with Gasteiger partial charge in [0.1, 0.15) is 5.75 Å². The number of aromatic hydroxyl groups is 1. The fourth-order valence-electron chi connectivity index (χ4n) is 1.92. The van der Waals surface area contributed by atoms with Crippen LogP contribution in [0.5, 0.6) is 5.75 Å². The van der Waals surface area contributed by atoms with E-state index in [0.29, 0.717) is 17.1 Å². The van der Waals surface area contributed by atoms with Crippen LogP contribution in [0.15, 0.2) is 48.5 Å². The Hall–Kier alpha value is -2.00. The lowest BCUT2D eigenvalue weighted by Gasteiger charge is -2.07. The van der Waals surface area contributed by atoms with E-state index in [4.69, 9.17) is 11.6 Å². The largest absolute Gasteiger partial charge is 0.508 e. The maximum atomic E-state index is 11.9. The van der Waals surface area contributed by atoms with Crippen molar-refractivity contribution in [2.45, 2.75) is 12.8 Å². The van der Waals surface area contributed by atoms with E-state index in [1.807, 2.05) is 18.2 Å². The van der Waals surface area contributed by atoms with E-state index in [2.05, 4.69) is 17.4 Å². The van der Waals surface area contributed by atoms with Crippen LogP contribution in [-0.2, 0) is 6.42 Å². The lowest BCUT2D eigenvalue weighted by atomic mass is 10.1. The summed E-state index contributed by atoms with van der Waals surface area (Å²) in [6.07, 6.45) is 1.76. The fraction of sp³-hybridized carbons (Fsp3) is 0.188. The summed E-state index contributed by atoms with van der Waals surface area (Å²) in [5.74, 6) is -0.234. The smallest absolute Gasteiger partial charge is 0.252 e. The van der Waals surface area contributed by atoms with Crippen LogP contribution in [0, 0.1) is 0 Å². The molecule has 0 radical (unpaired) electrons. The van der Waals surface area contributed by atoms with Gasteiger partial charge in [0, 0.05) is 6.54 Å². The Bertz CT molecular complexity index is 584. The number of aryl methyl sites for hydroxylation is 1. The maximum absolute atomic E-state index is 11.9. The number of phenols is 1. The summed E-state index contributed by atoms with van der Waals surface area (Å²) in [4.78, 5) is 11.9. The van der Waals surface area contributed by atoms with Crippen molar-refractivity contribution in [2.75, 3.05) is 6.54 Å². The van der Waals surface area contributed by atoms with E-state index in [9.17, 15) is 9.90 Å². The summed E-state index contributed by atoms with van der Waals surface area (Å²) in [5, 5.41) is 12.5. The van der Waals surface area contributed by atoms with Crippen molar-refractivity contribution in [3.8, 4) is 5.75 Å². The van der Waals surface area contributed by atoms with Crippen LogP contribution in [0.4, 0.5) is 0 Å².